The highest BCUT2D eigenvalue weighted by molar-refractivity contribution is 9.10. The first kappa shape index (κ1) is 10.4. The van der Waals surface area contributed by atoms with Crippen LogP contribution in [-0.4, -0.2) is 16.0 Å². The van der Waals surface area contributed by atoms with Crippen LogP contribution in [0.2, 0.25) is 0 Å². The molecule has 0 aromatic carbocycles. The minimum atomic E-state index is 0.455. The van der Waals surface area contributed by atoms with E-state index in [0.717, 1.165) is 16.7 Å². The lowest BCUT2D eigenvalue weighted by molar-refractivity contribution is 0.686. The molecule has 1 aromatic rings. The highest BCUT2D eigenvalue weighted by Gasteiger charge is 2.04. The van der Waals surface area contributed by atoms with Crippen molar-refractivity contribution >= 4 is 21.7 Å². The maximum Gasteiger partial charge on any atom is 0.143 e. The Kier molecular flexibility index (Phi) is 4.15. The molecule has 3 nitrogen and oxygen atoms in total. The van der Waals surface area contributed by atoms with Crippen molar-refractivity contribution in [1.82, 2.24) is 9.97 Å². The number of anilines is 1. The summed E-state index contributed by atoms with van der Waals surface area (Å²) in [5.74, 6) is 0.871. The van der Waals surface area contributed by atoms with Gasteiger partial charge in [0.15, 0.2) is 0 Å². The average Bonchev–Trinajstić information content (AvgIpc) is 2.09. The largest absolute Gasteiger partial charge is 0.367 e. The topological polar surface area (TPSA) is 37.8 Å². The Bertz CT molecular complexity index is 265. The van der Waals surface area contributed by atoms with Crippen LogP contribution in [0.15, 0.2) is 17.0 Å². The van der Waals surface area contributed by atoms with Gasteiger partial charge >= 0.3 is 0 Å². The molecule has 1 N–H and O–H groups in total. The molecule has 1 unspecified atom stereocenters. The van der Waals surface area contributed by atoms with Crippen molar-refractivity contribution in [2.24, 2.45) is 0 Å². The second-order valence-electron chi connectivity index (χ2n) is 3.05. The first-order chi connectivity index (χ1) is 6.24. The van der Waals surface area contributed by atoms with Crippen molar-refractivity contribution in [3.05, 3.63) is 17.0 Å². The van der Waals surface area contributed by atoms with E-state index in [9.17, 15) is 0 Å². The smallest absolute Gasteiger partial charge is 0.143 e. The highest BCUT2D eigenvalue weighted by Crippen LogP contribution is 2.18. The molecule has 1 aromatic heterocycles. The van der Waals surface area contributed by atoms with Crippen molar-refractivity contribution in [3.63, 3.8) is 0 Å². The van der Waals surface area contributed by atoms with Crippen molar-refractivity contribution in [2.45, 2.75) is 32.7 Å². The molecule has 0 bridgehead atoms. The van der Waals surface area contributed by atoms with Crippen LogP contribution >= 0.6 is 15.9 Å². The standard InChI is InChI=1S/C9H14BrN3/c1-3-4-7(2)13-9-8(10)5-11-6-12-9/h5-7H,3-4H2,1-2H3,(H,11,12,13). The van der Waals surface area contributed by atoms with Gasteiger partial charge in [0.1, 0.15) is 12.1 Å². The van der Waals surface area contributed by atoms with Crippen LogP contribution in [0, 0.1) is 0 Å². The maximum absolute atomic E-state index is 4.13. The molecule has 0 radical (unpaired) electrons. The Morgan fingerprint density at radius 3 is 3.00 bits per heavy atom. The Morgan fingerprint density at radius 2 is 2.38 bits per heavy atom. The van der Waals surface area contributed by atoms with E-state index in [-0.39, 0.29) is 0 Å². The van der Waals surface area contributed by atoms with E-state index in [4.69, 9.17) is 0 Å². The van der Waals surface area contributed by atoms with Crippen LogP contribution in [0.25, 0.3) is 0 Å². The fourth-order valence-electron chi connectivity index (χ4n) is 1.16. The molecule has 0 aliphatic carbocycles. The third-order valence-electron chi connectivity index (χ3n) is 1.77. The lowest BCUT2D eigenvalue weighted by Crippen LogP contribution is -2.15. The van der Waals surface area contributed by atoms with Gasteiger partial charge in [-0.3, -0.25) is 0 Å². The third-order valence-corrected chi connectivity index (χ3v) is 2.35. The minimum Gasteiger partial charge on any atom is -0.367 e. The molecular formula is C9H14BrN3. The normalized spacial score (nSPS) is 12.5. The van der Waals surface area contributed by atoms with Gasteiger partial charge in [-0.05, 0) is 29.3 Å². The van der Waals surface area contributed by atoms with Gasteiger partial charge < -0.3 is 5.32 Å². The molecule has 0 spiro atoms. The van der Waals surface area contributed by atoms with Crippen LogP contribution in [0.3, 0.4) is 0 Å². The predicted octanol–water partition coefficient (Wildman–Crippen LogP) is 2.84. The van der Waals surface area contributed by atoms with Gasteiger partial charge in [0, 0.05) is 12.2 Å². The van der Waals surface area contributed by atoms with Gasteiger partial charge in [0.05, 0.1) is 4.47 Å². The molecule has 0 amide bonds. The Hall–Kier alpha value is -0.640. The summed E-state index contributed by atoms with van der Waals surface area (Å²) in [5.41, 5.74) is 0. The number of aromatic nitrogens is 2. The van der Waals surface area contributed by atoms with E-state index in [1.54, 1.807) is 12.5 Å². The lowest BCUT2D eigenvalue weighted by Gasteiger charge is -2.13. The predicted molar refractivity (Wildman–Crippen MR) is 57.7 cm³/mol. The highest BCUT2D eigenvalue weighted by atomic mass is 79.9. The molecule has 72 valence electrons. The van der Waals surface area contributed by atoms with Crippen molar-refractivity contribution in [2.75, 3.05) is 5.32 Å². The summed E-state index contributed by atoms with van der Waals surface area (Å²) in [7, 11) is 0. The van der Waals surface area contributed by atoms with E-state index < -0.39 is 0 Å². The van der Waals surface area contributed by atoms with E-state index in [2.05, 4.69) is 45.1 Å². The van der Waals surface area contributed by atoms with Crippen molar-refractivity contribution in [3.8, 4) is 0 Å². The first-order valence-corrected chi connectivity index (χ1v) is 5.25. The Balaban J connectivity index is 2.58. The molecule has 1 rings (SSSR count). The fraction of sp³-hybridized carbons (Fsp3) is 0.556. The summed E-state index contributed by atoms with van der Waals surface area (Å²) in [6.45, 7) is 4.32. The Labute approximate surface area is 87.1 Å². The van der Waals surface area contributed by atoms with Gasteiger partial charge in [-0.1, -0.05) is 13.3 Å². The molecule has 0 aliphatic rings. The van der Waals surface area contributed by atoms with Crippen LogP contribution < -0.4 is 5.32 Å². The van der Waals surface area contributed by atoms with Gasteiger partial charge in [-0.2, -0.15) is 0 Å². The molecule has 0 fully saturated rings. The quantitative estimate of drug-likeness (QED) is 0.884. The van der Waals surface area contributed by atoms with Crippen molar-refractivity contribution in [1.29, 1.82) is 0 Å². The minimum absolute atomic E-state index is 0.455. The molecule has 0 aliphatic heterocycles. The lowest BCUT2D eigenvalue weighted by atomic mass is 10.2. The maximum atomic E-state index is 4.13. The molecule has 13 heavy (non-hydrogen) atoms. The average molecular weight is 244 g/mol. The van der Waals surface area contributed by atoms with Crippen LogP contribution in [0.4, 0.5) is 5.82 Å². The van der Waals surface area contributed by atoms with Gasteiger partial charge in [-0.25, -0.2) is 9.97 Å². The van der Waals surface area contributed by atoms with Crippen molar-refractivity contribution < 1.29 is 0 Å². The second-order valence-corrected chi connectivity index (χ2v) is 3.91. The van der Waals surface area contributed by atoms with Crippen LogP contribution in [0.5, 0.6) is 0 Å². The summed E-state index contributed by atoms with van der Waals surface area (Å²) in [4.78, 5) is 8.03. The number of hydrogen-bond donors (Lipinski definition) is 1. The zero-order chi connectivity index (χ0) is 9.68. The molecule has 4 heteroatoms. The monoisotopic (exact) mass is 243 g/mol. The summed E-state index contributed by atoms with van der Waals surface area (Å²) in [5, 5.41) is 3.31. The number of halogens is 1. The zero-order valence-electron chi connectivity index (χ0n) is 7.92. The van der Waals surface area contributed by atoms with E-state index in [1.807, 2.05) is 0 Å². The number of nitrogens with zero attached hydrogens (tertiary/aromatic N) is 2. The summed E-state index contributed by atoms with van der Waals surface area (Å²) in [6.07, 6.45) is 5.62. The van der Waals surface area contributed by atoms with Crippen LogP contribution in [-0.2, 0) is 0 Å². The molecule has 1 atom stereocenters. The van der Waals surface area contributed by atoms with Gasteiger partial charge in [-0.15, -0.1) is 0 Å². The SMILES string of the molecule is CCCC(C)Nc1ncncc1Br. The van der Waals surface area contributed by atoms with E-state index >= 15 is 0 Å². The molecular weight excluding hydrogens is 230 g/mol. The summed E-state index contributed by atoms with van der Waals surface area (Å²) in [6, 6.07) is 0.455. The van der Waals surface area contributed by atoms with Gasteiger partial charge in [0.2, 0.25) is 0 Å². The zero-order valence-corrected chi connectivity index (χ0v) is 9.50. The van der Waals surface area contributed by atoms with E-state index in [0.29, 0.717) is 6.04 Å². The fourth-order valence-corrected chi connectivity index (χ4v) is 1.49. The Morgan fingerprint density at radius 1 is 1.62 bits per heavy atom. The number of hydrogen-bond acceptors (Lipinski definition) is 3. The second kappa shape index (κ2) is 5.17. The molecule has 1 heterocycles. The summed E-state index contributed by atoms with van der Waals surface area (Å²) < 4.78 is 0.915. The van der Waals surface area contributed by atoms with Crippen LogP contribution in [0.1, 0.15) is 26.7 Å². The molecule has 0 saturated heterocycles. The number of rotatable bonds is 4. The first-order valence-electron chi connectivity index (χ1n) is 4.46. The molecule has 0 saturated carbocycles. The van der Waals surface area contributed by atoms with E-state index in [1.165, 1.54) is 6.42 Å². The third kappa shape index (κ3) is 3.30. The summed E-state index contributed by atoms with van der Waals surface area (Å²) >= 11 is 3.39. The number of nitrogens with one attached hydrogen (secondary N) is 1. The van der Waals surface area contributed by atoms with Gasteiger partial charge in [0.25, 0.3) is 0 Å².